The minimum absolute atomic E-state index is 0.0368. The lowest BCUT2D eigenvalue weighted by Crippen LogP contribution is -2.12. The molecule has 0 atom stereocenters. The summed E-state index contributed by atoms with van der Waals surface area (Å²) >= 11 is 0. The molecule has 0 amide bonds. The molecule has 0 saturated carbocycles. The zero-order valence-electron chi connectivity index (χ0n) is 16.9. The Hall–Kier alpha value is -3.39. The number of pyridine rings is 1. The van der Waals surface area contributed by atoms with E-state index in [4.69, 9.17) is 9.40 Å². The quantitative estimate of drug-likeness (QED) is 0.316. The second-order valence-corrected chi connectivity index (χ2v) is 8.54. The summed E-state index contributed by atoms with van der Waals surface area (Å²) in [6.45, 7) is 6.79. The highest BCUT2D eigenvalue weighted by molar-refractivity contribution is 5.98. The summed E-state index contributed by atoms with van der Waals surface area (Å²) in [5.74, 6) is 0.867. The van der Waals surface area contributed by atoms with E-state index in [2.05, 4.69) is 75.4 Å². The third-order valence-corrected chi connectivity index (χ3v) is 5.45. The molecule has 5 rings (SSSR count). The monoisotopic (exact) mass is 377 g/mol. The van der Waals surface area contributed by atoms with Crippen LogP contribution in [0.2, 0.25) is 0 Å². The molecule has 0 aliphatic carbocycles. The second-order valence-electron chi connectivity index (χ2n) is 8.54. The zero-order valence-corrected chi connectivity index (χ0v) is 16.9. The highest BCUT2D eigenvalue weighted by atomic mass is 16.3. The fourth-order valence-electron chi connectivity index (χ4n) is 4.01. The lowest BCUT2D eigenvalue weighted by Gasteiger charge is -2.22. The molecule has 142 valence electrons. The minimum atomic E-state index is 0.0368. The van der Waals surface area contributed by atoms with Gasteiger partial charge in [0.2, 0.25) is 0 Å². The van der Waals surface area contributed by atoms with Crippen molar-refractivity contribution in [2.75, 3.05) is 0 Å². The van der Waals surface area contributed by atoms with E-state index in [0.717, 1.165) is 33.6 Å². The highest BCUT2D eigenvalue weighted by Gasteiger charge is 2.20. The van der Waals surface area contributed by atoms with Gasteiger partial charge in [-0.05, 0) is 46.0 Å². The number of nitrogens with zero attached hydrogens (tertiary/aromatic N) is 1. The molecule has 29 heavy (non-hydrogen) atoms. The van der Waals surface area contributed by atoms with Gasteiger partial charge in [-0.1, -0.05) is 75.4 Å². The van der Waals surface area contributed by atoms with Crippen LogP contribution in [-0.4, -0.2) is 4.98 Å². The van der Waals surface area contributed by atoms with Crippen LogP contribution in [0, 0.1) is 0 Å². The second kappa shape index (κ2) is 6.59. The van der Waals surface area contributed by atoms with Crippen molar-refractivity contribution in [1.29, 1.82) is 0 Å². The average molecular weight is 377 g/mol. The van der Waals surface area contributed by atoms with Crippen molar-refractivity contribution in [3.05, 3.63) is 90.6 Å². The van der Waals surface area contributed by atoms with Crippen LogP contribution < -0.4 is 0 Å². The molecule has 2 nitrogen and oxygen atoms in total. The maximum Gasteiger partial charge on any atom is 0.138 e. The molecule has 2 heterocycles. The summed E-state index contributed by atoms with van der Waals surface area (Å²) < 4.78 is 6.16. The smallest absolute Gasteiger partial charge is 0.138 e. The Bertz CT molecular complexity index is 1320. The number of hydrogen-bond donors (Lipinski definition) is 0. The summed E-state index contributed by atoms with van der Waals surface area (Å²) in [7, 11) is 0. The van der Waals surface area contributed by atoms with Gasteiger partial charge in [-0.2, -0.15) is 0 Å². The fraction of sp³-hybridized carbons (Fsp3) is 0.148. The van der Waals surface area contributed by atoms with Gasteiger partial charge in [0.05, 0.1) is 5.69 Å². The number of furan rings is 1. The van der Waals surface area contributed by atoms with Crippen LogP contribution in [0.25, 0.3) is 44.3 Å². The first-order valence-electron chi connectivity index (χ1n) is 9.98. The number of aromatic nitrogens is 1. The minimum Gasteiger partial charge on any atom is -0.456 e. The van der Waals surface area contributed by atoms with Gasteiger partial charge in [-0.3, -0.25) is 4.98 Å². The van der Waals surface area contributed by atoms with Crippen LogP contribution in [0.15, 0.2) is 89.5 Å². The maximum atomic E-state index is 6.16. The summed E-state index contributed by atoms with van der Waals surface area (Å²) in [4.78, 5) is 4.75. The SMILES string of the molecule is CC(C)(C)c1cc(-c2nccc3oc(-c4ccccc4)cc23)cc2ccccc12. The van der Waals surface area contributed by atoms with Crippen molar-refractivity contribution in [2.24, 2.45) is 0 Å². The molecular formula is C27H23NO. The first kappa shape index (κ1) is 17.7. The molecule has 2 heteroatoms. The Morgan fingerprint density at radius 2 is 1.48 bits per heavy atom. The van der Waals surface area contributed by atoms with Crippen molar-refractivity contribution in [3.8, 4) is 22.6 Å². The molecule has 0 N–H and O–H groups in total. The Morgan fingerprint density at radius 3 is 2.28 bits per heavy atom. The summed E-state index contributed by atoms with van der Waals surface area (Å²) in [5.41, 5.74) is 5.39. The number of fused-ring (bicyclic) bond motifs is 2. The van der Waals surface area contributed by atoms with E-state index in [1.165, 1.54) is 16.3 Å². The molecule has 2 aromatic heterocycles. The molecule has 0 saturated heterocycles. The van der Waals surface area contributed by atoms with Crippen molar-refractivity contribution < 1.29 is 4.42 Å². The van der Waals surface area contributed by atoms with Crippen LogP contribution in [0.4, 0.5) is 0 Å². The van der Waals surface area contributed by atoms with Gasteiger partial charge in [0.15, 0.2) is 0 Å². The van der Waals surface area contributed by atoms with E-state index in [9.17, 15) is 0 Å². The maximum absolute atomic E-state index is 6.16. The molecule has 0 aliphatic heterocycles. The molecule has 0 unspecified atom stereocenters. The standard InChI is InChI=1S/C27H23NO/c1-27(2,3)23-16-20(15-19-11-7-8-12-21(19)23)26-22-17-25(18-9-5-4-6-10-18)29-24(22)13-14-28-26/h4-17H,1-3H3. The van der Waals surface area contributed by atoms with E-state index in [1.54, 1.807) is 0 Å². The molecule has 0 fully saturated rings. The van der Waals surface area contributed by atoms with Gasteiger partial charge in [-0.15, -0.1) is 0 Å². The van der Waals surface area contributed by atoms with Gasteiger partial charge in [0.1, 0.15) is 11.3 Å². The molecule has 5 aromatic rings. The van der Waals surface area contributed by atoms with Gasteiger partial charge in [0, 0.05) is 22.7 Å². The van der Waals surface area contributed by atoms with Crippen molar-refractivity contribution in [2.45, 2.75) is 26.2 Å². The van der Waals surface area contributed by atoms with Crippen LogP contribution in [0.3, 0.4) is 0 Å². The Balaban J connectivity index is 1.76. The van der Waals surface area contributed by atoms with Crippen molar-refractivity contribution >= 4 is 21.7 Å². The normalized spacial score (nSPS) is 12.0. The summed E-state index contributed by atoms with van der Waals surface area (Å²) in [5, 5.41) is 3.58. The zero-order chi connectivity index (χ0) is 20.0. The van der Waals surface area contributed by atoms with Crippen LogP contribution in [0.5, 0.6) is 0 Å². The van der Waals surface area contributed by atoms with Crippen molar-refractivity contribution in [3.63, 3.8) is 0 Å². The number of hydrogen-bond acceptors (Lipinski definition) is 2. The van der Waals surface area contributed by atoms with Gasteiger partial charge in [0.25, 0.3) is 0 Å². The molecule has 0 bridgehead atoms. The molecule has 3 aromatic carbocycles. The molecule has 0 spiro atoms. The first-order chi connectivity index (χ1) is 14.0. The van der Waals surface area contributed by atoms with Crippen LogP contribution >= 0.6 is 0 Å². The molecular weight excluding hydrogens is 354 g/mol. The van der Waals surface area contributed by atoms with E-state index in [1.807, 2.05) is 30.5 Å². The van der Waals surface area contributed by atoms with Gasteiger partial charge >= 0.3 is 0 Å². The summed E-state index contributed by atoms with van der Waals surface area (Å²) in [6.07, 6.45) is 1.84. The summed E-state index contributed by atoms with van der Waals surface area (Å²) in [6, 6.07) is 27.4. The van der Waals surface area contributed by atoms with Crippen LogP contribution in [0.1, 0.15) is 26.3 Å². The number of rotatable bonds is 2. The van der Waals surface area contributed by atoms with Crippen LogP contribution in [-0.2, 0) is 5.41 Å². The van der Waals surface area contributed by atoms with E-state index < -0.39 is 0 Å². The lowest BCUT2D eigenvalue weighted by atomic mass is 9.82. The van der Waals surface area contributed by atoms with E-state index in [-0.39, 0.29) is 5.41 Å². The van der Waals surface area contributed by atoms with Gasteiger partial charge < -0.3 is 4.42 Å². The molecule has 0 aliphatic rings. The fourth-order valence-corrected chi connectivity index (χ4v) is 4.01. The highest BCUT2D eigenvalue weighted by Crippen LogP contribution is 2.38. The third-order valence-electron chi connectivity index (χ3n) is 5.45. The van der Waals surface area contributed by atoms with Gasteiger partial charge in [-0.25, -0.2) is 0 Å². The van der Waals surface area contributed by atoms with Crippen molar-refractivity contribution in [1.82, 2.24) is 4.98 Å². The lowest BCUT2D eigenvalue weighted by molar-refractivity contribution is 0.596. The topological polar surface area (TPSA) is 26.0 Å². The third kappa shape index (κ3) is 3.11. The molecule has 0 radical (unpaired) electrons. The predicted octanol–water partition coefficient (Wildman–Crippen LogP) is 7.61. The Labute approximate surface area is 170 Å². The predicted molar refractivity (Wildman–Crippen MR) is 121 cm³/mol. The Kier molecular flexibility index (Phi) is 4.02. The van der Waals surface area contributed by atoms with E-state index >= 15 is 0 Å². The average Bonchev–Trinajstić information content (AvgIpc) is 3.17. The Morgan fingerprint density at radius 1 is 0.724 bits per heavy atom. The first-order valence-corrected chi connectivity index (χ1v) is 9.98. The largest absolute Gasteiger partial charge is 0.456 e. The van der Waals surface area contributed by atoms with E-state index in [0.29, 0.717) is 0 Å². The number of benzene rings is 3.